The number of piperidine rings is 2. The average Bonchev–Trinajstić information content (AvgIpc) is 3.13. The quantitative estimate of drug-likeness (QED) is 0.691. The molecule has 0 bridgehead atoms. The number of nitrogens with one attached hydrogen (secondary N) is 2. The van der Waals surface area contributed by atoms with Crippen LogP contribution in [-0.2, 0) is 16.1 Å². The van der Waals surface area contributed by atoms with Gasteiger partial charge in [-0.25, -0.2) is 0 Å². The molecule has 0 radical (unpaired) electrons. The van der Waals surface area contributed by atoms with E-state index in [2.05, 4.69) is 27.7 Å². The number of benzene rings is 1. The summed E-state index contributed by atoms with van der Waals surface area (Å²) in [7, 11) is 0. The summed E-state index contributed by atoms with van der Waals surface area (Å²) < 4.78 is 0. The van der Waals surface area contributed by atoms with Crippen LogP contribution in [0, 0.1) is 5.41 Å². The number of amides is 3. The molecule has 1 saturated carbocycles. The molecule has 1 unspecified atom stereocenters. The van der Waals surface area contributed by atoms with Gasteiger partial charge in [0.25, 0.3) is 11.8 Å². The highest BCUT2D eigenvalue weighted by Crippen LogP contribution is 2.50. The summed E-state index contributed by atoms with van der Waals surface area (Å²) in [5, 5.41) is 5.79. The van der Waals surface area contributed by atoms with Gasteiger partial charge in [0, 0.05) is 24.2 Å². The van der Waals surface area contributed by atoms with Crippen molar-refractivity contribution in [1.82, 2.24) is 20.4 Å². The normalized spacial score (nSPS) is 28.2. The van der Waals surface area contributed by atoms with E-state index in [0.717, 1.165) is 37.5 Å². The van der Waals surface area contributed by atoms with Crippen LogP contribution in [0.5, 0.6) is 0 Å². The zero-order chi connectivity index (χ0) is 22.6. The molecule has 1 atom stereocenters. The first kappa shape index (κ1) is 21.1. The van der Waals surface area contributed by atoms with E-state index >= 15 is 0 Å². The van der Waals surface area contributed by atoms with Crippen molar-refractivity contribution in [2.75, 3.05) is 26.2 Å². The van der Waals surface area contributed by atoms with Gasteiger partial charge in [0.2, 0.25) is 5.91 Å². The van der Waals surface area contributed by atoms with Gasteiger partial charge in [-0.3, -0.25) is 19.7 Å². The molecule has 1 aromatic carbocycles. The molecule has 2 saturated heterocycles. The van der Waals surface area contributed by atoms with Crippen LogP contribution in [0.15, 0.2) is 30.4 Å². The lowest BCUT2D eigenvalue weighted by Gasteiger charge is -2.55. The lowest BCUT2D eigenvalue weighted by Crippen LogP contribution is -2.55. The van der Waals surface area contributed by atoms with Crippen molar-refractivity contribution in [3.63, 3.8) is 0 Å². The molecular weight excluding hydrogens is 416 g/mol. The standard InChI is InChI=1S/C26H32N4O3/c31-23-4-3-22(24(32)28-23)30-16-19-13-18(1-2-21(19)25(30)33)17-5-11-29(12-6-17)20-14-26(15-20)7-9-27-10-8-26/h1-4,13,17,20,22,27H,5-12,14-16H2,(H,28,31,32). The maximum atomic E-state index is 12.9. The van der Waals surface area contributed by atoms with E-state index in [4.69, 9.17) is 0 Å². The van der Waals surface area contributed by atoms with E-state index < -0.39 is 17.9 Å². The van der Waals surface area contributed by atoms with Crippen LogP contribution in [0.1, 0.15) is 65.9 Å². The number of hydrogen-bond donors (Lipinski definition) is 2. The van der Waals surface area contributed by atoms with E-state index in [1.165, 1.54) is 56.5 Å². The fourth-order valence-electron chi connectivity index (χ4n) is 6.75. The number of carbonyl (C=O) groups excluding carboxylic acids is 3. The molecule has 1 aliphatic carbocycles. The molecule has 7 heteroatoms. The Labute approximate surface area is 194 Å². The maximum Gasteiger partial charge on any atom is 0.255 e. The minimum absolute atomic E-state index is 0.137. The van der Waals surface area contributed by atoms with Gasteiger partial charge in [-0.2, -0.15) is 0 Å². The lowest BCUT2D eigenvalue weighted by molar-refractivity contribution is -0.131. The Hall–Kier alpha value is -2.51. The molecule has 3 amide bonds. The van der Waals surface area contributed by atoms with Crippen molar-refractivity contribution >= 4 is 17.7 Å². The maximum absolute atomic E-state index is 12.9. The van der Waals surface area contributed by atoms with Gasteiger partial charge in [0.05, 0.1) is 0 Å². The van der Waals surface area contributed by atoms with Gasteiger partial charge in [-0.1, -0.05) is 12.1 Å². The monoisotopic (exact) mass is 448 g/mol. The SMILES string of the molecule is O=C1C=CC(N2Cc3cc(C4CCN(C5CC6(CCNCC6)C5)CC4)ccc3C2=O)C(=O)N1. The second-order valence-corrected chi connectivity index (χ2v) is 10.6. The van der Waals surface area contributed by atoms with Gasteiger partial charge in [-0.05, 0) is 99.3 Å². The van der Waals surface area contributed by atoms with Crippen LogP contribution < -0.4 is 10.6 Å². The summed E-state index contributed by atoms with van der Waals surface area (Å²) in [6, 6.07) is 6.27. The van der Waals surface area contributed by atoms with Crippen molar-refractivity contribution in [3.8, 4) is 0 Å². The zero-order valence-electron chi connectivity index (χ0n) is 19.0. The van der Waals surface area contributed by atoms with Crippen molar-refractivity contribution in [2.24, 2.45) is 5.41 Å². The van der Waals surface area contributed by atoms with Gasteiger partial charge < -0.3 is 15.1 Å². The first-order chi connectivity index (χ1) is 16.0. The molecular formula is C26H32N4O3. The highest BCUT2D eigenvalue weighted by atomic mass is 16.2. The van der Waals surface area contributed by atoms with Crippen molar-refractivity contribution in [3.05, 3.63) is 47.0 Å². The van der Waals surface area contributed by atoms with E-state index in [-0.39, 0.29) is 5.91 Å². The molecule has 4 aliphatic heterocycles. The number of imide groups is 1. The van der Waals surface area contributed by atoms with Crippen LogP contribution in [0.3, 0.4) is 0 Å². The lowest BCUT2D eigenvalue weighted by atomic mass is 9.60. The van der Waals surface area contributed by atoms with Crippen LogP contribution in [0.25, 0.3) is 0 Å². The molecule has 1 aromatic rings. The number of carbonyl (C=O) groups is 3. The predicted molar refractivity (Wildman–Crippen MR) is 123 cm³/mol. The van der Waals surface area contributed by atoms with E-state index in [1.54, 1.807) is 4.90 Å². The molecule has 6 rings (SSSR count). The first-order valence-electron chi connectivity index (χ1n) is 12.4. The van der Waals surface area contributed by atoms with Gasteiger partial charge in [-0.15, -0.1) is 0 Å². The summed E-state index contributed by atoms with van der Waals surface area (Å²) in [4.78, 5) is 40.8. The Morgan fingerprint density at radius 2 is 1.76 bits per heavy atom. The first-order valence-corrected chi connectivity index (χ1v) is 12.4. The summed E-state index contributed by atoms with van der Waals surface area (Å²) >= 11 is 0. The zero-order valence-corrected chi connectivity index (χ0v) is 19.0. The Balaban J connectivity index is 1.08. The molecule has 5 aliphatic rings. The fraction of sp³-hybridized carbons (Fsp3) is 0.577. The Morgan fingerprint density at radius 1 is 1.00 bits per heavy atom. The molecule has 7 nitrogen and oxygen atoms in total. The van der Waals surface area contributed by atoms with E-state index in [1.807, 2.05) is 6.07 Å². The van der Waals surface area contributed by atoms with Crippen molar-refractivity contribution in [2.45, 2.75) is 63.1 Å². The number of hydrogen-bond acceptors (Lipinski definition) is 5. The average molecular weight is 449 g/mol. The minimum atomic E-state index is -0.722. The Kier molecular flexibility index (Phi) is 5.14. The summed E-state index contributed by atoms with van der Waals surface area (Å²) in [6.07, 6.45) is 10.6. The molecule has 3 fully saturated rings. The molecule has 2 N–H and O–H groups in total. The van der Waals surface area contributed by atoms with Gasteiger partial charge in [0.15, 0.2) is 0 Å². The summed E-state index contributed by atoms with van der Waals surface area (Å²) in [5.41, 5.74) is 3.61. The van der Waals surface area contributed by atoms with Crippen LogP contribution >= 0.6 is 0 Å². The molecule has 4 heterocycles. The third kappa shape index (κ3) is 3.71. The summed E-state index contributed by atoms with van der Waals surface area (Å²) in [5.74, 6) is -0.471. The highest BCUT2D eigenvalue weighted by molar-refractivity contribution is 6.09. The van der Waals surface area contributed by atoms with E-state index in [9.17, 15) is 14.4 Å². The largest absolute Gasteiger partial charge is 0.319 e. The fourth-order valence-corrected chi connectivity index (χ4v) is 6.75. The topological polar surface area (TPSA) is 81.8 Å². The van der Waals surface area contributed by atoms with Gasteiger partial charge in [0.1, 0.15) is 6.04 Å². The van der Waals surface area contributed by atoms with Gasteiger partial charge >= 0.3 is 0 Å². The number of rotatable bonds is 3. The molecule has 0 aromatic heterocycles. The minimum Gasteiger partial charge on any atom is -0.319 e. The van der Waals surface area contributed by atoms with Crippen molar-refractivity contribution in [1.29, 1.82) is 0 Å². The third-order valence-corrected chi connectivity index (χ3v) is 8.76. The van der Waals surface area contributed by atoms with Crippen LogP contribution in [0.2, 0.25) is 0 Å². The second-order valence-electron chi connectivity index (χ2n) is 10.6. The van der Waals surface area contributed by atoms with E-state index in [0.29, 0.717) is 23.4 Å². The number of nitrogens with zero attached hydrogens (tertiary/aromatic N) is 2. The number of fused-ring (bicyclic) bond motifs is 1. The Bertz CT molecular complexity index is 1010. The van der Waals surface area contributed by atoms with Crippen molar-refractivity contribution < 1.29 is 14.4 Å². The van der Waals surface area contributed by atoms with Crippen LogP contribution in [0.4, 0.5) is 0 Å². The highest BCUT2D eigenvalue weighted by Gasteiger charge is 2.47. The smallest absolute Gasteiger partial charge is 0.255 e. The number of likely N-dealkylation sites (tertiary alicyclic amines) is 1. The molecule has 174 valence electrons. The molecule has 33 heavy (non-hydrogen) atoms. The Morgan fingerprint density at radius 3 is 2.48 bits per heavy atom. The summed E-state index contributed by atoms with van der Waals surface area (Å²) in [6.45, 7) is 5.11. The third-order valence-electron chi connectivity index (χ3n) is 8.76. The second kappa shape index (κ2) is 8.06. The van der Waals surface area contributed by atoms with Crippen LogP contribution in [-0.4, -0.2) is 65.8 Å². The molecule has 1 spiro atoms. The predicted octanol–water partition coefficient (Wildman–Crippen LogP) is 1.94.